The summed E-state index contributed by atoms with van der Waals surface area (Å²) in [6, 6.07) is 6.47. The van der Waals surface area contributed by atoms with Gasteiger partial charge < -0.3 is 4.74 Å². The Balaban J connectivity index is 2.90. The number of rotatable bonds is 7. The van der Waals surface area contributed by atoms with E-state index < -0.39 is 0 Å². The van der Waals surface area contributed by atoms with E-state index in [-0.39, 0.29) is 0 Å². The molecule has 0 amide bonds. The molecule has 0 atom stereocenters. The van der Waals surface area contributed by atoms with Crippen molar-refractivity contribution in [1.82, 2.24) is 0 Å². The van der Waals surface area contributed by atoms with Crippen molar-refractivity contribution in [3.05, 3.63) is 29.3 Å². The van der Waals surface area contributed by atoms with E-state index in [4.69, 9.17) is 4.74 Å². The van der Waals surface area contributed by atoms with Crippen molar-refractivity contribution in [2.75, 3.05) is 6.61 Å². The Hall–Kier alpha value is -0.980. The molecule has 0 saturated heterocycles. The maximum Gasteiger partial charge on any atom is 0.122 e. The van der Waals surface area contributed by atoms with E-state index in [1.807, 2.05) is 0 Å². The Kier molecular flexibility index (Phi) is 5.99. The molecule has 90 valence electrons. The molecule has 0 radical (unpaired) electrons. The van der Waals surface area contributed by atoms with E-state index in [9.17, 15) is 0 Å². The minimum absolute atomic E-state index is 0.758. The van der Waals surface area contributed by atoms with Gasteiger partial charge >= 0.3 is 0 Å². The van der Waals surface area contributed by atoms with Gasteiger partial charge in [-0.2, -0.15) is 0 Å². The van der Waals surface area contributed by atoms with Crippen LogP contribution in [0.15, 0.2) is 18.2 Å². The molecule has 1 nitrogen and oxygen atoms in total. The number of unbranched alkanes of at least 4 members (excludes halogenated alkanes) is 1. The first-order chi connectivity index (χ1) is 7.83. The van der Waals surface area contributed by atoms with Gasteiger partial charge in [0.05, 0.1) is 6.61 Å². The van der Waals surface area contributed by atoms with Crippen LogP contribution in [0.1, 0.15) is 51.2 Å². The van der Waals surface area contributed by atoms with E-state index in [0.717, 1.165) is 18.8 Å². The zero-order valence-electron chi connectivity index (χ0n) is 10.9. The second-order valence-electron chi connectivity index (χ2n) is 4.18. The molecule has 1 aromatic rings. The number of aryl methyl sites for hydroxylation is 1. The molecule has 0 aromatic heterocycles. The molecule has 1 heteroatoms. The van der Waals surface area contributed by atoms with E-state index >= 15 is 0 Å². The first-order valence-corrected chi connectivity index (χ1v) is 6.57. The highest BCUT2D eigenvalue weighted by atomic mass is 16.5. The summed E-state index contributed by atoms with van der Waals surface area (Å²) in [7, 11) is 0. The summed E-state index contributed by atoms with van der Waals surface area (Å²) >= 11 is 0. The fourth-order valence-corrected chi connectivity index (χ4v) is 2.04. The Morgan fingerprint density at radius 1 is 1.00 bits per heavy atom. The Bertz CT molecular complexity index is 304. The maximum atomic E-state index is 5.71. The predicted molar refractivity (Wildman–Crippen MR) is 70.2 cm³/mol. The first-order valence-electron chi connectivity index (χ1n) is 6.57. The number of hydrogen-bond acceptors (Lipinski definition) is 1. The van der Waals surface area contributed by atoms with Crippen LogP contribution in [-0.4, -0.2) is 6.61 Å². The predicted octanol–water partition coefficient (Wildman–Crippen LogP) is 4.38. The molecule has 0 fully saturated rings. The van der Waals surface area contributed by atoms with Crippen molar-refractivity contribution in [2.24, 2.45) is 0 Å². The van der Waals surface area contributed by atoms with Gasteiger partial charge in [-0.05, 0) is 43.4 Å². The van der Waals surface area contributed by atoms with Crippen molar-refractivity contribution < 1.29 is 4.74 Å². The molecule has 0 aliphatic heterocycles. The Morgan fingerprint density at radius 3 is 2.44 bits per heavy atom. The minimum Gasteiger partial charge on any atom is -0.494 e. The van der Waals surface area contributed by atoms with Gasteiger partial charge in [0.1, 0.15) is 5.75 Å². The topological polar surface area (TPSA) is 9.23 Å². The fraction of sp³-hybridized carbons (Fsp3) is 0.600. The zero-order valence-corrected chi connectivity index (χ0v) is 10.9. The average molecular weight is 220 g/mol. The minimum atomic E-state index is 0.758. The summed E-state index contributed by atoms with van der Waals surface area (Å²) in [6.07, 6.45) is 6.03. The van der Waals surface area contributed by atoms with Crippen molar-refractivity contribution in [3.8, 4) is 5.75 Å². The van der Waals surface area contributed by atoms with Gasteiger partial charge in [-0.15, -0.1) is 0 Å². The molecule has 0 heterocycles. The van der Waals surface area contributed by atoms with Crippen molar-refractivity contribution in [1.29, 1.82) is 0 Å². The van der Waals surface area contributed by atoms with Gasteiger partial charge in [0.2, 0.25) is 0 Å². The number of benzene rings is 1. The highest BCUT2D eigenvalue weighted by Gasteiger charge is 2.07. The Labute approximate surface area is 99.8 Å². The molecule has 0 spiro atoms. The first kappa shape index (κ1) is 13.1. The molecule has 0 aliphatic carbocycles. The quantitative estimate of drug-likeness (QED) is 0.662. The molecule has 0 aliphatic rings. The fourth-order valence-electron chi connectivity index (χ4n) is 2.04. The highest BCUT2D eigenvalue weighted by molar-refractivity contribution is 5.40. The summed E-state index contributed by atoms with van der Waals surface area (Å²) in [5.74, 6) is 1.10. The zero-order chi connectivity index (χ0) is 11.8. The molecule has 0 saturated carbocycles. The van der Waals surface area contributed by atoms with E-state index in [1.165, 1.54) is 36.8 Å². The largest absolute Gasteiger partial charge is 0.494 e. The van der Waals surface area contributed by atoms with Crippen LogP contribution in [0.25, 0.3) is 0 Å². The van der Waals surface area contributed by atoms with Crippen LogP contribution in [0.5, 0.6) is 5.75 Å². The lowest BCUT2D eigenvalue weighted by atomic mass is 9.98. The summed E-state index contributed by atoms with van der Waals surface area (Å²) in [4.78, 5) is 0. The lowest BCUT2D eigenvalue weighted by Gasteiger charge is -2.14. The van der Waals surface area contributed by atoms with Crippen LogP contribution in [0.3, 0.4) is 0 Å². The molecule has 0 bridgehead atoms. The standard InChI is InChI=1S/C15H24O/c1-4-7-10-13-11-8-12-15(16-6-3)14(13)9-5-2/h8,11-12H,4-7,9-10H2,1-3H3. The monoisotopic (exact) mass is 220 g/mol. The molecule has 1 rings (SSSR count). The van der Waals surface area contributed by atoms with Crippen LogP contribution in [-0.2, 0) is 12.8 Å². The summed E-state index contributed by atoms with van der Waals surface area (Å²) in [6.45, 7) is 7.28. The van der Waals surface area contributed by atoms with E-state index in [0.29, 0.717) is 0 Å². The van der Waals surface area contributed by atoms with E-state index in [2.05, 4.69) is 39.0 Å². The lowest BCUT2D eigenvalue weighted by molar-refractivity contribution is 0.336. The molecule has 0 N–H and O–H groups in total. The summed E-state index contributed by atoms with van der Waals surface area (Å²) < 4.78 is 5.71. The summed E-state index contributed by atoms with van der Waals surface area (Å²) in [5, 5.41) is 0. The lowest BCUT2D eigenvalue weighted by Crippen LogP contribution is -2.01. The second-order valence-corrected chi connectivity index (χ2v) is 4.18. The molecular formula is C15H24O. The third-order valence-corrected chi connectivity index (χ3v) is 2.83. The van der Waals surface area contributed by atoms with Gasteiger partial charge in [0, 0.05) is 0 Å². The van der Waals surface area contributed by atoms with Crippen LogP contribution < -0.4 is 4.74 Å². The van der Waals surface area contributed by atoms with Gasteiger partial charge in [-0.25, -0.2) is 0 Å². The van der Waals surface area contributed by atoms with Gasteiger partial charge in [0.25, 0.3) is 0 Å². The molecule has 1 aromatic carbocycles. The Morgan fingerprint density at radius 2 is 1.81 bits per heavy atom. The molecular weight excluding hydrogens is 196 g/mol. The average Bonchev–Trinajstić information content (AvgIpc) is 2.30. The summed E-state index contributed by atoms with van der Waals surface area (Å²) in [5.41, 5.74) is 2.91. The molecule has 16 heavy (non-hydrogen) atoms. The third-order valence-electron chi connectivity index (χ3n) is 2.83. The van der Waals surface area contributed by atoms with Crippen LogP contribution >= 0.6 is 0 Å². The smallest absolute Gasteiger partial charge is 0.122 e. The van der Waals surface area contributed by atoms with Crippen LogP contribution in [0.4, 0.5) is 0 Å². The number of ether oxygens (including phenoxy) is 1. The highest BCUT2D eigenvalue weighted by Crippen LogP contribution is 2.25. The maximum absolute atomic E-state index is 5.71. The van der Waals surface area contributed by atoms with Crippen molar-refractivity contribution in [2.45, 2.75) is 52.9 Å². The third kappa shape index (κ3) is 3.55. The second kappa shape index (κ2) is 7.32. The van der Waals surface area contributed by atoms with Crippen LogP contribution in [0.2, 0.25) is 0 Å². The van der Waals surface area contributed by atoms with Gasteiger partial charge in [-0.1, -0.05) is 38.8 Å². The van der Waals surface area contributed by atoms with Gasteiger partial charge in [0.15, 0.2) is 0 Å². The van der Waals surface area contributed by atoms with Crippen molar-refractivity contribution >= 4 is 0 Å². The van der Waals surface area contributed by atoms with E-state index in [1.54, 1.807) is 0 Å². The SMILES string of the molecule is CCCCc1cccc(OCC)c1CCC. The van der Waals surface area contributed by atoms with Gasteiger partial charge in [-0.3, -0.25) is 0 Å². The van der Waals surface area contributed by atoms with Crippen molar-refractivity contribution in [3.63, 3.8) is 0 Å². The van der Waals surface area contributed by atoms with Crippen LogP contribution in [0, 0.1) is 0 Å². The molecule has 0 unspecified atom stereocenters. The number of hydrogen-bond donors (Lipinski definition) is 0. The normalized spacial score (nSPS) is 10.4.